The lowest BCUT2D eigenvalue weighted by molar-refractivity contribution is 0.876. The highest BCUT2D eigenvalue weighted by atomic mass is 32.1. The van der Waals surface area contributed by atoms with Crippen molar-refractivity contribution in [3.8, 4) is 0 Å². The second kappa shape index (κ2) is 10.9. The first kappa shape index (κ1) is 22.8. The highest BCUT2D eigenvalue weighted by Crippen LogP contribution is 2.33. The minimum atomic E-state index is 0.649. The zero-order valence-corrected chi connectivity index (χ0v) is 20.5. The molecule has 4 aromatic rings. The summed E-state index contributed by atoms with van der Waals surface area (Å²) in [6.07, 6.45) is 1.72. The average molecular weight is 478 g/mol. The summed E-state index contributed by atoms with van der Waals surface area (Å²) < 4.78 is 0. The molecule has 0 aliphatic carbocycles. The fourth-order valence-corrected chi connectivity index (χ4v) is 4.75. The molecule has 4 rings (SSSR count). The van der Waals surface area contributed by atoms with Gasteiger partial charge in [0.05, 0.1) is 27.1 Å². The van der Waals surface area contributed by atoms with Gasteiger partial charge in [0.2, 0.25) is 5.13 Å². The highest BCUT2D eigenvalue weighted by Gasteiger charge is 2.07. The van der Waals surface area contributed by atoms with Gasteiger partial charge < -0.3 is 21.1 Å². The zero-order chi connectivity index (χ0) is 23.0. The Hall–Kier alpha value is -3.43. The van der Waals surface area contributed by atoms with Crippen LogP contribution in [0.15, 0.2) is 76.4 Å². The maximum Gasteiger partial charge on any atom is 0.229 e. The van der Waals surface area contributed by atoms with E-state index in [0.29, 0.717) is 5.13 Å². The molecule has 0 saturated heterocycles. The molecule has 2 aromatic heterocycles. The zero-order valence-electron chi connectivity index (χ0n) is 18.9. The number of rotatable bonds is 10. The molecule has 3 N–H and O–H groups in total. The lowest BCUT2D eigenvalue weighted by atomic mass is 10.2. The quantitative estimate of drug-likeness (QED) is 0.159. The molecule has 0 saturated carbocycles. The van der Waals surface area contributed by atoms with Crippen molar-refractivity contribution in [1.82, 2.24) is 4.98 Å². The summed E-state index contributed by atoms with van der Waals surface area (Å²) in [6.45, 7) is 8.49. The van der Waals surface area contributed by atoms with Gasteiger partial charge in [0.1, 0.15) is 0 Å². The summed E-state index contributed by atoms with van der Waals surface area (Å²) >= 11 is 3.23. The van der Waals surface area contributed by atoms with E-state index in [2.05, 4.69) is 87.4 Å². The van der Waals surface area contributed by atoms with Crippen molar-refractivity contribution in [3.63, 3.8) is 0 Å². The Kier molecular flexibility index (Phi) is 7.54. The van der Waals surface area contributed by atoms with Crippen molar-refractivity contribution >= 4 is 60.6 Å². The van der Waals surface area contributed by atoms with Crippen LogP contribution in [0, 0.1) is 6.92 Å². The molecule has 2 heterocycles. The third-order valence-electron chi connectivity index (χ3n) is 5.04. The van der Waals surface area contributed by atoms with E-state index in [0.717, 1.165) is 46.4 Å². The van der Waals surface area contributed by atoms with Crippen LogP contribution >= 0.6 is 22.7 Å². The minimum Gasteiger partial charge on any atom is -0.364 e. The van der Waals surface area contributed by atoms with Crippen LogP contribution in [0.4, 0.5) is 37.9 Å². The number of thiophene rings is 1. The molecule has 0 aliphatic heterocycles. The van der Waals surface area contributed by atoms with E-state index in [-0.39, 0.29) is 0 Å². The first-order chi connectivity index (χ1) is 16.1. The smallest absolute Gasteiger partial charge is 0.229 e. The first-order valence-electron chi connectivity index (χ1n) is 10.8. The van der Waals surface area contributed by atoms with Crippen molar-refractivity contribution < 1.29 is 0 Å². The Morgan fingerprint density at radius 2 is 1.70 bits per heavy atom. The van der Waals surface area contributed by atoms with E-state index in [1.165, 1.54) is 16.3 Å². The molecule has 0 bridgehead atoms. The predicted octanol–water partition coefficient (Wildman–Crippen LogP) is 7.96. The van der Waals surface area contributed by atoms with Gasteiger partial charge in [0.15, 0.2) is 0 Å². The number of hydrogen-bond donors (Lipinski definition) is 3. The van der Waals surface area contributed by atoms with Crippen LogP contribution in [0.1, 0.15) is 19.4 Å². The normalized spacial score (nSPS) is 11.0. The van der Waals surface area contributed by atoms with Gasteiger partial charge in [-0.05, 0) is 80.9 Å². The van der Waals surface area contributed by atoms with Crippen molar-refractivity contribution in [1.29, 1.82) is 0 Å². The second-order valence-corrected chi connectivity index (χ2v) is 9.21. The molecule has 0 unspecified atom stereocenters. The standard InChI is InChI=1S/C24H27N7S2/c1-4-31(5-2)23-13-12-22(33-23)26-20-10-11-21(17(3)16-20)29-27-18-6-8-19(9-7-18)28-30-24-25-14-15-32-24/h6-16,26-27,29H,4-5H2,1-3H3/b30-28+. The highest BCUT2D eigenvalue weighted by molar-refractivity contribution is 7.20. The van der Waals surface area contributed by atoms with Crippen LogP contribution < -0.4 is 21.1 Å². The summed E-state index contributed by atoms with van der Waals surface area (Å²) in [5, 5.41) is 16.8. The van der Waals surface area contributed by atoms with Crippen molar-refractivity contribution in [2.45, 2.75) is 20.8 Å². The summed E-state index contributed by atoms with van der Waals surface area (Å²) in [6, 6.07) is 18.3. The minimum absolute atomic E-state index is 0.649. The van der Waals surface area contributed by atoms with E-state index >= 15 is 0 Å². The van der Waals surface area contributed by atoms with Crippen LogP contribution in [0.3, 0.4) is 0 Å². The monoisotopic (exact) mass is 477 g/mol. The largest absolute Gasteiger partial charge is 0.364 e. The average Bonchev–Trinajstić information content (AvgIpc) is 3.51. The summed E-state index contributed by atoms with van der Waals surface area (Å²) in [4.78, 5) is 6.45. The summed E-state index contributed by atoms with van der Waals surface area (Å²) in [5.41, 5.74) is 11.5. The van der Waals surface area contributed by atoms with Crippen molar-refractivity contribution in [2.24, 2.45) is 10.2 Å². The SMILES string of the molecule is CCN(CC)c1ccc(Nc2ccc(NNc3ccc(/N=N/c4nccs4)cc3)c(C)c2)s1. The Morgan fingerprint density at radius 1 is 0.909 bits per heavy atom. The number of anilines is 5. The van der Waals surface area contributed by atoms with Gasteiger partial charge in [-0.15, -0.1) is 32.9 Å². The number of hydrazine groups is 1. The van der Waals surface area contributed by atoms with Crippen LogP contribution in [0.25, 0.3) is 0 Å². The van der Waals surface area contributed by atoms with Crippen LogP contribution in [0.5, 0.6) is 0 Å². The van der Waals surface area contributed by atoms with Gasteiger partial charge in [-0.3, -0.25) is 0 Å². The number of azo groups is 1. The fraction of sp³-hybridized carbons (Fsp3) is 0.208. The molecule has 9 heteroatoms. The lowest BCUT2D eigenvalue weighted by Crippen LogP contribution is -2.20. The van der Waals surface area contributed by atoms with Crippen LogP contribution in [-0.4, -0.2) is 18.1 Å². The van der Waals surface area contributed by atoms with Gasteiger partial charge in [-0.2, -0.15) is 0 Å². The Balaban J connectivity index is 1.33. The molecule has 2 aromatic carbocycles. The number of aromatic nitrogens is 1. The van der Waals surface area contributed by atoms with Crippen LogP contribution in [-0.2, 0) is 0 Å². The number of aryl methyl sites for hydroxylation is 1. The summed E-state index contributed by atoms with van der Waals surface area (Å²) in [5.74, 6) is 0. The number of hydrogen-bond acceptors (Lipinski definition) is 9. The third-order valence-corrected chi connectivity index (χ3v) is 6.76. The van der Waals surface area contributed by atoms with Gasteiger partial charge in [0, 0.05) is 30.4 Å². The maximum atomic E-state index is 4.20. The van der Waals surface area contributed by atoms with E-state index in [1.807, 2.05) is 29.6 Å². The molecule has 0 atom stereocenters. The van der Waals surface area contributed by atoms with Crippen LogP contribution in [0.2, 0.25) is 0 Å². The Labute approximate surface area is 202 Å². The van der Waals surface area contributed by atoms with Gasteiger partial charge in [-0.25, -0.2) is 4.98 Å². The van der Waals surface area contributed by atoms with Crippen molar-refractivity contribution in [3.05, 3.63) is 71.7 Å². The Morgan fingerprint density at radius 3 is 2.39 bits per heavy atom. The van der Waals surface area contributed by atoms with Gasteiger partial charge >= 0.3 is 0 Å². The second-order valence-electron chi connectivity index (χ2n) is 7.28. The molecule has 7 nitrogen and oxygen atoms in total. The third kappa shape index (κ3) is 6.09. The number of thiazole rings is 1. The summed E-state index contributed by atoms with van der Waals surface area (Å²) in [7, 11) is 0. The molecule has 0 radical (unpaired) electrons. The number of nitrogens with one attached hydrogen (secondary N) is 3. The topological polar surface area (TPSA) is 76.9 Å². The molecular weight excluding hydrogens is 450 g/mol. The number of nitrogens with zero attached hydrogens (tertiary/aromatic N) is 4. The fourth-order valence-electron chi connectivity index (χ4n) is 3.24. The molecular formula is C24H27N7S2. The molecule has 0 aliphatic rings. The molecule has 33 heavy (non-hydrogen) atoms. The molecule has 0 amide bonds. The molecule has 170 valence electrons. The lowest BCUT2D eigenvalue weighted by Gasteiger charge is -2.18. The van der Waals surface area contributed by atoms with E-state index in [9.17, 15) is 0 Å². The molecule has 0 spiro atoms. The van der Waals surface area contributed by atoms with Gasteiger partial charge in [0.25, 0.3) is 0 Å². The Bertz CT molecular complexity index is 1180. The predicted molar refractivity (Wildman–Crippen MR) is 142 cm³/mol. The van der Waals surface area contributed by atoms with E-state index in [1.54, 1.807) is 17.5 Å². The van der Waals surface area contributed by atoms with E-state index < -0.39 is 0 Å². The first-order valence-corrected chi connectivity index (χ1v) is 12.5. The molecule has 0 fully saturated rings. The van der Waals surface area contributed by atoms with E-state index in [4.69, 9.17) is 0 Å². The van der Waals surface area contributed by atoms with Crippen molar-refractivity contribution in [2.75, 3.05) is 34.2 Å². The van der Waals surface area contributed by atoms with Gasteiger partial charge in [-0.1, -0.05) is 0 Å². The number of benzene rings is 2. The maximum absolute atomic E-state index is 4.20.